The average Bonchev–Trinajstić information content (AvgIpc) is 2.67. The van der Waals surface area contributed by atoms with Crippen LogP contribution in [0.15, 0.2) is 97.1 Å². The van der Waals surface area contributed by atoms with Crippen LogP contribution in [0.2, 0.25) is 0 Å². The van der Waals surface area contributed by atoms with Crippen molar-refractivity contribution in [3.8, 4) is 5.75 Å². The molecule has 1 atom stereocenters. The monoisotopic (exact) mass is 329 g/mol. The van der Waals surface area contributed by atoms with E-state index in [1.165, 1.54) is 0 Å². The lowest BCUT2D eigenvalue weighted by atomic mass is 10.1. The topological polar surface area (TPSA) is 38.3 Å². The van der Waals surface area contributed by atoms with Crippen molar-refractivity contribution < 1.29 is 9.53 Å². The molecule has 0 spiro atoms. The Kier molecular flexibility index (Phi) is 5.62. The molecule has 3 aromatic rings. The van der Waals surface area contributed by atoms with Crippen molar-refractivity contribution in [2.75, 3.05) is 0 Å². The molecule has 0 saturated carbocycles. The molecule has 3 aromatic carbocycles. The first-order valence-corrected chi connectivity index (χ1v) is 8.13. The highest BCUT2D eigenvalue weighted by atomic mass is 16.6. The smallest absolute Gasteiger partial charge is 0.410 e. The molecule has 1 amide bonds. The number of nitrogens with one attached hydrogen (secondary N) is 1. The standard InChI is InChI=1S/C22H19NO2/c24-22(25-20-14-8-3-9-15-20)23-21(19-12-6-2-7-13-19)17-16-18-10-4-1-5-11-18/h1-17,21H,(H,23,24)/b17-16+. The first-order chi connectivity index (χ1) is 12.3. The second-order valence-electron chi connectivity index (χ2n) is 5.51. The first-order valence-electron chi connectivity index (χ1n) is 8.13. The van der Waals surface area contributed by atoms with Gasteiger partial charge in [-0.1, -0.05) is 91.0 Å². The van der Waals surface area contributed by atoms with Crippen LogP contribution in [0.25, 0.3) is 6.08 Å². The molecule has 124 valence electrons. The number of rotatable bonds is 5. The summed E-state index contributed by atoms with van der Waals surface area (Å²) in [7, 11) is 0. The number of amides is 1. The maximum atomic E-state index is 12.2. The van der Waals surface area contributed by atoms with Crippen LogP contribution in [-0.4, -0.2) is 6.09 Å². The zero-order valence-electron chi connectivity index (χ0n) is 13.7. The molecule has 0 aromatic heterocycles. The van der Waals surface area contributed by atoms with Crippen molar-refractivity contribution in [3.05, 3.63) is 108 Å². The van der Waals surface area contributed by atoms with Gasteiger partial charge in [-0.05, 0) is 23.3 Å². The van der Waals surface area contributed by atoms with E-state index in [1.807, 2.05) is 91.0 Å². The molecule has 0 radical (unpaired) electrons. The summed E-state index contributed by atoms with van der Waals surface area (Å²) in [5.74, 6) is 0.513. The number of hydrogen-bond donors (Lipinski definition) is 1. The zero-order valence-corrected chi connectivity index (χ0v) is 13.7. The predicted molar refractivity (Wildman–Crippen MR) is 100 cm³/mol. The van der Waals surface area contributed by atoms with Gasteiger partial charge in [0.2, 0.25) is 0 Å². The fraction of sp³-hybridized carbons (Fsp3) is 0.0455. The molecule has 0 aliphatic rings. The lowest BCUT2D eigenvalue weighted by Gasteiger charge is -2.15. The lowest BCUT2D eigenvalue weighted by Crippen LogP contribution is -2.30. The minimum absolute atomic E-state index is 0.280. The highest BCUT2D eigenvalue weighted by molar-refractivity contribution is 5.71. The van der Waals surface area contributed by atoms with Crippen LogP contribution in [0, 0.1) is 0 Å². The van der Waals surface area contributed by atoms with E-state index in [0.29, 0.717) is 5.75 Å². The molecule has 3 heteroatoms. The Morgan fingerprint density at radius 1 is 0.800 bits per heavy atom. The number of benzene rings is 3. The Balaban J connectivity index is 1.75. The van der Waals surface area contributed by atoms with Gasteiger partial charge in [0.1, 0.15) is 5.75 Å². The summed E-state index contributed by atoms with van der Waals surface area (Å²) >= 11 is 0. The normalized spacial score (nSPS) is 11.8. The Labute approximate surface area is 147 Å². The molecule has 0 aliphatic heterocycles. The molecule has 0 saturated heterocycles. The molecular formula is C22H19NO2. The molecule has 3 rings (SSSR count). The number of para-hydroxylation sites is 1. The van der Waals surface area contributed by atoms with E-state index >= 15 is 0 Å². The van der Waals surface area contributed by atoms with Crippen molar-refractivity contribution in [2.45, 2.75) is 6.04 Å². The average molecular weight is 329 g/mol. The Bertz CT molecular complexity index is 814. The van der Waals surface area contributed by atoms with Gasteiger partial charge in [0.25, 0.3) is 0 Å². The van der Waals surface area contributed by atoms with Crippen molar-refractivity contribution in [2.24, 2.45) is 0 Å². The quantitative estimate of drug-likeness (QED) is 0.696. The SMILES string of the molecule is O=C(NC(/C=C/c1ccccc1)c1ccccc1)Oc1ccccc1. The van der Waals surface area contributed by atoms with Gasteiger partial charge in [-0.2, -0.15) is 0 Å². The van der Waals surface area contributed by atoms with Crippen molar-refractivity contribution in [1.82, 2.24) is 5.32 Å². The number of carbonyl (C=O) groups is 1. The zero-order chi connectivity index (χ0) is 17.3. The lowest BCUT2D eigenvalue weighted by molar-refractivity contribution is 0.198. The second-order valence-corrected chi connectivity index (χ2v) is 5.51. The van der Waals surface area contributed by atoms with Gasteiger partial charge in [0.15, 0.2) is 0 Å². The highest BCUT2D eigenvalue weighted by Crippen LogP contribution is 2.17. The fourth-order valence-electron chi connectivity index (χ4n) is 2.43. The summed E-state index contributed by atoms with van der Waals surface area (Å²) in [5, 5.41) is 2.90. The molecule has 1 unspecified atom stereocenters. The molecule has 0 heterocycles. The largest absolute Gasteiger partial charge is 0.413 e. The van der Waals surface area contributed by atoms with E-state index in [1.54, 1.807) is 12.1 Å². The van der Waals surface area contributed by atoms with E-state index in [2.05, 4.69) is 5.32 Å². The minimum Gasteiger partial charge on any atom is -0.410 e. The van der Waals surface area contributed by atoms with E-state index in [9.17, 15) is 4.79 Å². The van der Waals surface area contributed by atoms with Crippen LogP contribution >= 0.6 is 0 Å². The Hall–Kier alpha value is -3.33. The van der Waals surface area contributed by atoms with Crippen molar-refractivity contribution in [1.29, 1.82) is 0 Å². The third kappa shape index (κ3) is 5.08. The molecule has 3 nitrogen and oxygen atoms in total. The van der Waals surface area contributed by atoms with Gasteiger partial charge in [0, 0.05) is 0 Å². The summed E-state index contributed by atoms with van der Waals surface area (Å²) in [5.41, 5.74) is 2.06. The summed E-state index contributed by atoms with van der Waals surface area (Å²) < 4.78 is 5.33. The maximum absolute atomic E-state index is 12.2. The van der Waals surface area contributed by atoms with Gasteiger partial charge >= 0.3 is 6.09 Å². The molecular weight excluding hydrogens is 310 g/mol. The molecule has 0 aliphatic carbocycles. The van der Waals surface area contributed by atoms with Crippen LogP contribution in [-0.2, 0) is 0 Å². The Morgan fingerprint density at radius 2 is 1.36 bits per heavy atom. The third-order valence-electron chi connectivity index (χ3n) is 3.67. The fourth-order valence-corrected chi connectivity index (χ4v) is 2.43. The van der Waals surface area contributed by atoms with Crippen LogP contribution in [0.4, 0.5) is 4.79 Å². The van der Waals surface area contributed by atoms with Crippen molar-refractivity contribution >= 4 is 12.2 Å². The predicted octanol–water partition coefficient (Wildman–Crippen LogP) is 5.23. The van der Waals surface area contributed by atoms with E-state index < -0.39 is 6.09 Å². The Morgan fingerprint density at radius 3 is 2.00 bits per heavy atom. The van der Waals surface area contributed by atoms with Crippen LogP contribution in [0.3, 0.4) is 0 Å². The first kappa shape index (κ1) is 16.5. The van der Waals surface area contributed by atoms with E-state index in [-0.39, 0.29) is 6.04 Å². The summed E-state index contributed by atoms with van der Waals surface area (Å²) in [4.78, 5) is 12.2. The minimum atomic E-state index is -0.488. The molecule has 0 bridgehead atoms. The van der Waals surface area contributed by atoms with Gasteiger partial charge in [0.05, 0.1) is 6.04 Å². The van der Waals surface area contributed by atoms with E-state index in [4.69, 9.17) is 4.74 Å². The second kappa shape index (κ2) is 8.50. The van der Waals surface area contributed by atoms with Gasteiger partial charge < -0.3 is 10.1 Å². The van der Waals surface area contributed by atoms with Crippen LogP contribution in [0.5, 0.6) is 5.75 Å². The maximum Gasteiger partial charge on any atom is 0.413 e. The van der Waals surface area contributed by atoms with E-state index in [0.717, 1.165) is 11.1 Å². The van der Waals surface area contributed by atoms with Crippen molar-refractivity contribution in [3.63, 3.8) is 0 Å². The van der Waals surface area contributed by atoms with Gasteiger partial charge in [-0.25, -0.2) is 4.79 Å². The van der Waals surface area contributed by atoms with Gasteiger partial charge in [-0.3, -0.25) is 0 Å². The number of hydrogen-bond acceptors (Lipinski definition) is 2. The third-order valence-corrected chi connectivity index (χ3v) is 3.67. The summed E-state index contributed by atoms with van der Waals surface area (Å²) in [6, 6.07) is 28.5. The number of ether oxygens (including phenoxy) is 1. The molecule has 0 fully saturated rings. The highest BCUT2D eigenvalue weighted by Gasteiger charge is 2.13. The number of carbonyl (C=O) groups excluding carboxylic acids is 1. The van der Waals surface area contributed by atoms with Crippen LogP contribution < -0.4 is 10.1 Å². The summed E-state index contributed by atoms with van der Waals surface area (Å²) in [6.07, 6.45) is 3.45. The molecule has 25 heavy (non-hydrogen) atoms. The van der Waals surface area contributed by atoms with Gasteiger partial charge in [-0.15, -0.1) is 0 Å². The van der Waals surface area contributed by atoms with Crippen LogP contribution in [0.1, 0.15) is 17.2 Å². The summed E-state index contributed by atoms with van der Waals surface area (Å²) in [6.45, 7) is 0. The molecule has 1 N–H and O–H groups in total.